The van der Waals surface area contributed by atoms with Gasteiger partial charge in [-0.05, 0) is 18.9 Å². The van der Waals surface area contributed by atoms with E-state index < -0.39 is 0 Å². The Morgan fingerprint density at radius 1 is 1.62 bits per heavy atom. The monoisotopic (exact) mass is 201 g/mol. The highest BCUT2D eigenvalue weighted by molar-refractivity contribution is 7.80. The van der Waals surface area contributed by atoms with Crippen LogP contribution in [0.2, 0.25) is 0 Å². The molecule has 0 fully saturated rings. The molecule has 1 amide bonds. The van der Waals surface area contributed by atoms with Gasteiger partial charge in [0.05, 0.1) is 0 Å². The topological polar surface area (TPSA) is 29.1 Å². The predicted molar refractivity (Wildman–Crippen MR) is 60.1 cm³/mol. The largest absolute Gasteiger partial charge is 0.353 e. The molecule has 0 rings (SSSR count). The van der Waals surface area contributed by atoms with Gasteiger partial charge in [0.25, 0.3) is 0 Å². The molecule has 0 aliphatic heterocycles. The van der Waals surface area contributed by atoms with Gasteiger partial charge < -0.3 is 5.32 Å². The molecule has 3 heteroatoms. The van der Waals surface area contributed by atoms with E-state index >= 15 is 0 Å². The molecule has 0 aliphatic carbocycles. The van der Waals surface area contributed by atoms with Crippen LogP contribution in [0.25, 0.3) is 0 Å². The van der Waals surface area contributed by atoms with Gasteiger partial charge in [0.15, 0.2) is 0 Å². The molecule has 76 valence electrons. The zero-order chi connectivity index (χ0) is 10.1. The van der Waals surface area contributed by atoms with Crippen molar-refractivity contribution in [2.75, 3.05) is 6.54 Å². The van der Waals surface area contributed by atoms with Crippen LogP contribution in [-0.2, 0) is 4.79 Å². The fourth-order valence-corrected chi connectivity index (χ4v) is 1.33. The molecule has 0 saturated heterocycles. The third-order valence-corrected chi connectivity index (χ3v) is 2.37. The lowest BCUT2D eigenvalue weighted by atomic mass is 10.1. The van der Waals surface area contributed by atoms with E-state index in [0.29, 0.717) is 11.8 Å². The molecule has 0 heterocycles. The van der Waals surface area contributed by atoms with Crippen LogP contribution in [0.4, 0.5) is 0 Å². The highest BCUT2D eigenvalue weighted by atomic mass is 32.1. The molecule has 1 N–H and O–H groups in total. The third kappa shape index (κ3) is 7.91. The summed E-state index contributed by atoms with van der Waals surface area (Å²) in [4.78, 5) is 10.8. The first kappa shape index (κ1) is 12.6. The average Bonchev–Trinajstić information content (AvgIpc) is 2.14. The third-order valence-electron chi connectivity index (χ3n) is 1.85. The summed E-state index contributed by atoms with van der Waals surface area (Å²) in [7, 11) is 0. The summed E-state index contributed by atoms with van der Waals surface area (Å²) in [5.74, 6) is -0.101. The van der Waals surface area contributed by atoms with E-state index in [1.165, 1.54) is 18.9 Å². The van der Waals surface area contributed by atoms with Crippen LogP contribution < -0.4 is 5.32 Å². The van der Waals surface area contributed by atoms with Crippen LogP contribution in [0, 0.1) is 0 Å². The Kier molecular flexibility index (Phi) is 7.90. The van der Waals surface area contributed by atoms with Gasteiger partial charge >= 0.3 is 0 Å². The molecule has 13 heavy (non-hydrogen) atoms. The van der Waals surface area contributed by atoms with Crippen molar-refractivity contribution in [2.45, 2.75) is 37.9 Å². The maximum absolute atomic E-state index is 10.8. The number of rotatable bonds is 7. The summed E-state index contributed by atoms with van der Waals surface area (Å²) in [6.45, 7) is 6.24. The van der Waals surface area contributed by atoms with E-state index in [0.717, 1.165) is 12.8 Å². The number of hydrogen-bond donors (Lipinski definition) is 2. The summed E-state index contributed by atoms with van der Waals surface area (Å²) in [5, 5.41) is 3.14. The van der Waals surface area contributed by atoms with Crippen LogP contribution in [0.15, 0.2) is 12.7 Å². The summed E-state index contributed by atoms with van der Waals surface area (Å²) in [6, 6.07) is 0. The fourth-order valence-electron chi connectivity index (χ4n) is 1.02. The van der Waals surface area contributed by atoms with E-state index in [4.69, 9.17) is 0 Å². The van der Waals surface area contributed by atoms with Crippen molar-refractivity contribution in [3.63, 3.8) is 0 Å². The Bertz CT molecular complexity index is 159. The lowest BCUT2D eigenvalue weighted by Crippen LogP contribution is -2.23. The van der Waals surface area contributed by atoms with Crippen molar-refractivity contribution in [3.05, 3.63) is 12.7 Å². The van der Waals surface area contributed by atoms with Crippen molar-refractivity contribution in [3.8, 4) is 0 Å². The molecule has 0 aliphatic rings. The molecular formula is C10H19NOS. The highest BCUT2D eigenvalue weighted by Gasteiger charge is 2.02. The molecule has 0 aromatic rings. The van der Waals surface area contributed by atoms with Crippen LogP contribution in [0.3, 0.4) is 0 Å². The first-order valence-corrected chi connectivity index (χ1v) is 5.30. The summed E-state index contributed by atoms with van der Waals surface area (Å²) in [5.41, 5.74) is 0. The smallest absolute Gasteiger partial charge is 0.243 e. The van der Waals surface area contributed by atoms with Crippen LogP contribution in [0.5, 0.6) is 0 Å². The Balaban J connectivity index is 3.30. The second kappa shape index (κ2) is 8.17. The van der Waals surface area contributed by atoms with Gasteiger partial charge in [-0.25, -0.2) is 0 Å². The lowest BCUT2D eigenvalue weighted by Gasteiger charge is -2.09. The van der Waals surface area contributed by atoms with Gasteiger partial charge in [-0.1, -0.05) is 26.3 Å². The number of carbonyl (C=O) groups excluding carboxylic acids is 1. The molecule has 1 unspecified atom stereocenters. The fraction of sp³-hybridized carbons (Fsp3) is 0.700. The average molecular weight is 201 g/mol. The van der Waals surface area contributed by atoms with Crippen LogP contribution in [-0.4, -0.2) is 17.7 Å². The van der Waals surface area contributed by atoms with Crippen LogP contribution >= 0.6 is 12.6 Å². The normalized spacial score (nSPS) is 12.2. The Morgan fingerprint density at radius 3 is 2.85 bits per heavy atom. The van der Waals surface area contributed by atoms with Gasteiger partial charge in [-0.3, -0.25) is 4.79 Å². The number of hydrogen-bond acceptors (Lipinski definition) is 2. The molecule has 0 bridgehead atoms. The van der Waals surface area contributed by atoms with E-state index in [1.54, 1.807) is 0 Å². The van der Waals surface area contributed by atoms with Gasteiger partial charge in [0, 0.05) is 11.8 Å². The number of thiol groups is 1. The van der Waals surface area contributed by atoms with Crippen molar-refractivity contribution in [1.82, 2.24) is 5.32 Å². The molecule has 0 aromatic heterocycles. The van der Waals surface area contributed by atoms with Gasteiger partial charge in [-0.2, -0.15) is 12.6 Å². The standard InChI is InChI=1S/C10H19NOS/c1-3-5-6-9(13)7-8-11-10(12)4-2/h4,9,13H,2-3,5-8H2,1H3,(H,11,12). The first-order chi connectivity index (χ1) is 6.20. The first-order valence-electron chi connectivity index (χ1n) is 4.79. The van der Waals surface area contributed by atoms with E-state index in [9.17, 15) is 4.79 Å². The maximum Gasteiger partial charge on any atom is 0.243 e. The minimum atomic E-state index is -0.101. The SMILES string of the molecule is C=CC(=O)NCCC(S)CCCC. The molecule has 0 aromatic carbocycles. The van der Waals surface area contributed by atoms with Gasteiger partial charge in [0.1, 0.15) is 0 Å². The number of unbranched alkanes of at least 4 members (excludes halogenated alkanes) is 1. The number of carbonyl (C=O) groups is 1. The van der Waals surface area contributed by atoms with Crippen molar-refractivity contribution in [1.29, 1.82) is 0 Å². The molecule has 0 spiro atoms. The second-order valence-electron chi connectivity index (χ2n) is 3.08. The quantitative estimate of drug-likeness (QED) is 0.480. The number of nitrogens with one attached hydrogen (secondary N) is 1. The van der Waals surface area contributed by atoms with Crippen molar-refractivity contribution >= 4 is 18.5 Å². The predicted octanol–water partition coefficient (Wildman–Crippen LogP) is 2.17. The minimum absolute atomic E-state index is 0.101. The molecule has 0 saturated carbocycles. The molecule has 2 nitrogen and oxygen atoms in total. The van der Waals surface area contributed by atoms with E-state index in [1.807, 2.05) is 0 Å². The zero-order valence-electron chi connectivity index (χ0n) is 8.25. The van der Waals surface area contributed by atoms with Gasteiger partial charge in [-0.15, -0.1) is 0 Å². The Hall–Kier alpha value is -0.440. The van der Waals surface area contributed by atoms with Crippen molar-refractivity contribution in [2.24, 2.45) is 0 Å². The molecule has 0 radical (unpaired) electrons. The van der Waals surface area contributed by atoms with Crippen molar-refractivity contribution < 1.29 is 4.79 Å². The number of amides is 1. The maximum atomic E-state index is 10.8. The zero-order valence-corrected chi connectivity index (χ0v) is 9.15. The highest BCUT2D eigenvalue weighted by Crippen LogP contribution is 2.09. The summed E-state index contributed by atoms with van der Waals surface area (Å²) >= 11 is 4.42. The molecule has 1 atom stereocenters. The molecular weight excluding hydrogens is 182 g/mol. The second-order valence-corrected chi connectivity index (χ2v) is 3.81. The van der Waals surface area contributed by atoms with E-state index in [2.05, 4.69) is 31.4 Å². The Labute approximate surface area is 86.2 Å². The minimum Gasteiger partial charge on any atom is -0.353 e. The Morgan fingerprint density at radius 2 is 2.31 bits per heavy atom. The van der Waals surface area contributed by atoms with E-state index in [-0.39, 0.29) is 5.91 Å². The van der Waals surface area contributed by atoms with Gasteiger partial charge in [0.2, 0.25) is 5.91 Å². The lowest BCUT2D eigenvalue weighted by molar-refractivity contribution is -0.116. The summed E-state index contributed by atoms with van der Waals surface area (Å²) < 4.78 is 0. The summed E-state index contributed by atoms with van der Waals surface area (Å²) in [6.07, 6.45) is 5.77. The van der Waals surface area contributed by atoms with Crippen LogP contribution in [0.1, 0.15) is 32.6 Å².